The Morgan fingerprint density at radius 1 is 1.33 bits per heavy atom. The van der Waals surface area contributed by atoms with Crippen molar-refractivity contribution in [1.82, 2.24) is 4.90 Å². The number of ether oxygens (including phenoxy) is 1. The van der Waals surface area contributed by atoms with Crippen LogP contribution in [0.3, 0.4) is 0 Å². The second-order valence-corrected chi connectivity index (χ2v) is 4.21. The normalized spacial score (nSPS) is 18.7. The monoisotopic (exact) mass is 248 g/mol. The number of carbonyl (C=O) groups excluding carboxylic acids is 2. The molecule has 1 saturated heterocycles. The number of carboxylic acids is 1. The molecule has 0 bridgehead atoms. The van der Waals surface area contributed by atoms with E-state index in [4.69, 9.17) is 4.74 Å². The van der Waals surface area contributed by atoms with Crippen LogP contribution in [0, 0.1) is 0 Å². The third-order valence-electron chi connectivity index (χ3n) is 2.96. The standard InChI is InChI=1S/C13H15NO4/c15-12(16)11-7-4-8-14(11)13(17)18-9-10-5-2-1-3-6-10/h1-3,5-6,11H,4,7-9H2,(H,15,16)/p-1/t11-/m0/s1. The highest BCUT2D eigenvalue weighted by molar-refractivity contribution is 5.79. The van der Waals surface area contributed by atoms with Gasteiger partial charge in [0.25, 0.3) is 0 Å². The maximum Gasteiger partial charge on any atom is 0.410 e. The number of carboxylic acid groups (broad SMARTS) is 1. The van der Waals surface area contributed by atoms with E-state index in [1.165, 1.54) is 4.90 Å². The maximum atomic E-state index is 11.7. The summed E-state index contributed by atoms with van der Waals surface area (Å²) < 4.78 is 5.09. The minimum Gasteiger partial charge on any atom is -0.548 e. The fraction of sp³-hybridized carbons (Fsp3) is 0.385. The summed E-state index contributed by atoms with van der Waals surface area (Å²) >= 11 is 0. The van der Waals surface area contributed by atoms with Crippen LogP contribution in [0.4, 0.5) is 4.79 Å². The van der Waals surface area contributed by atoms with Crippen molar-refractivity contribution in [2.45, 2.75) is 25.5 Å². The number of amides is 1. The molecule has 1 aliphatic rings. The first-order valence-corrected chi connectivity index (χ1v) is 5.86. The summed E-state index contributed by atoms with van der Waals surface area (Å²) in [5.74, 6) is -1.22. The molecule has 5 heteroatoms. The van der Waals surface area contributed by atoms with Gasteiger partial charge in [0.15, 0.2) is 0 Å². The Labute approximate surface area is 105 Å². The van der Waals surface area contributed by atoms with Crippen LogP contribution in [0.15, 0.2) is 30.3 Å². The average Bonchev–Trinajstić information content (AvgIpc) is 2.86. The van der Waals surface area contributed by atoms with Gasteiger partial charge < -0.3 is 14.6 Å². The number of rotatable bonds is 3. The third-order valence-corrected chi connectivity index (χ3v) is 2.96. The van der Waals surface area contributed by atoms with Gasteiger partial charge in [-0.15, -0.1) is 0 Å². The molecule has 0 radical (unpaired) electrons. The molecule has 0 unspecified atom stereocenters. The average molecular weight is 248 g/mol. The van der Waals surface area contributed by atoms with Gasteiger partial charge >= 0.3 is 6.09 Å². The van der Waals surface area contributed by atoms with E-state index in [0.29, 0.717) is 19.4 Å². The van der Waals surface area contributed by atoms with Gasteiger partial charge in [0.1, 0.15) is 6.61 Å². The zero-order chi connectivity index (χ0) is 13.0. The van der Waals surface area contributed by atoms with Crippen molar-refractivity contribution in [1.29, 1.82) is 0 Å². The minimum absolute atomic E-state index is 0.149. The predicted octanol–water partition coefficient (Wildman–Crippen LogP) is 0.537. The molecule has 1 aromatic carbocycles. The molecule has 18 heavy (non-hydrogen) atoms. The Morgan fingerprint density at radius 3 is 2.72 bits per heavy atom. The summed E-state index contributed by atoms with van der Waals surface area (Å²) in [6.07, 6.45) is 0.507. The molecule has 0 aliphatic carbocycles. The molecule has 1 aliphatic heterocycles. The first kappa shape index (κ1) is 12.4. The van der Waals surface area contributed by atoms with Crippen LogP contribution in [0.5, 0.6) is 0 Å². The van der Waals surface area contributed by atoms with Gasteiger partial charge in [-0.05, 0) is 18.4 Å². The molecule has 1 aromatic rings. The Hall–Kier alpha value is -2.04. The second-order valence-electron chi connectivity index (χ2n) is 4.21. The number of nitrogens with zero attached hydrogens (tertiary/aromatic N) is 1. The van der Waals surface area contributed by atoms with Crippen LogP contribution in [0.2, 0.25) is 0 Å². The summed E-state index contributed by atoms with van der Waals surface area (Å²) in [4.78, 5) is 23.8. The highest BCUT2D eigenvalue weighted by Crippen LogP contribution is 2.18. The molecule has 0 N–H and O–H groups in total. The highest BCUT2D eigenvalue weighted by Gasteiger charge is 2.30. The van der Waals surface area contributed by atoms with E-state index >= 15 is 0 Å². The van der Waals surface area contributed by atoms with E-state index in [1.807, 2.05) is 30.3 Å². The lowest BCUT2D eigenvalue weighted by Crippen LogP contribution is -2.47. The van der Waals surface area contributed by atoms with E-state index in [1.54, 1.807) is 0 Å². The van der Waals surface area contributed by atoms with Crippen LogP contribution in [0.1, 0.15) is 18.4 Å². The predicted molar refractivity (Wildman–Crippen MR) is 61.4 cm³/mol. The van der Waals surface area contributed by atoms with E-state index in [9.17, 15) is 14.7 Å². The van der Waals surface area contributed by atoms with Gasteiger partial charge in [0.05, 0.1) is 12.0 Å². The van der Waals surface area contributed by atoms with Crippen molar-refractivity contribution in [3.8, 4) is 0 Å². The van der Waals surface area contributed by atoms with Crippen LogP contribution >= 0.6 is 0 Å². The summed E-state index contributed by atoms with van der Waals surface area (Å²) in [6.45, 7) is 0.558. The van der Waals surface area contributed by atoms with Crippen molar-refractivity contribution in [3.63, 3.8) is 0 Å². The number of likely N-dealkylation sites (tertiary alicyclic amines) is 1. The van der Waals surface area contributed by atoms with E-state index < -0.39 is 18.1 Å². The lowest BCUT2D eigenvalue weighted by atomic mass is 10.2. The molecule has 5 nitrogen and oxygen atoms in total. The smallest absolute Gasteiger partial charge is 0.410 e. The highest BCUT2D eigenvalue weighted by atomic mass is 16.6. The Bertz CT molecular complexity index is 432. The molecule has 0 aromatic heterocycles. The van der Waals surface area contributed by atoms with Gasteiger partial charge in [-0.2, -0.15) is 0 Å². The van der Waals surface area contributed by atoms with Gasteiger partial charge in [-0.3, -0.25) is 4.90 Å². The van der Waals surface area contributed by atoms with E-state index in [2.05, 4.69) is 0 Å². The van der Waals surface area contributed by atoms with Crippen molar-refractivity contribution in [2.24, 2.45) is 0 Å². The first-order chi connectivity index (χ1) is 8.68. The van der Waals surface area contributed by atoms with Gasteiger partial charge in [0.2, 0.25) is 0 Å². The number of benzene rings is 1. The first-order valence-electron chi connectivity index (χ1n) is 5.86. The largest absolute Gasteiger partial charge is 0.548 e. The van der Waals surface area contributed by atoms with Gasteiger partial charge in [-0.25, -0.2) is 4.79 Å². The Balaban J connectivity index is 1.90. The lowest BCUT2D eigenvalue weighted by Gasteiger charge is -2.24. The van der Waals surface area contributed by atoms with Gasteiger partial charge in [0, 0.05) is 6.54 Å². The Kier molecular flexibility index (Phi) is 3.82. The van der Waals surface area contributed by atoms with Crippen LogP contribution in [-0.4, -0.2) is 29.5 Å². The lowest BCUT2D eigenvalue weighted by molar-refractivity contribution is -0.310. The van der Waals surface area contributed by atoms with Crippen molar-refractivity contribution in [3.05, 3.63) is 35.9 Å². The fourth-order valence-electron chi connectivity index (χ4n) is 2.03. The fourth-order valence-corrected chi connectivity index (χ4v) is 2.03. The molecule has 0 saturated carbocycles. The van der Waals surface area contributed by atoms with E-state index in [0.717, 1.165) is 5.56 Å². The second kappa shape index (κ2) is 5.53. The van der Waals surface area contributed by atoms with Crippen LogP contribution < -0.4 is 5.11 Å². The quantitative estimate of drug-likeness (QED) is 0.782. The molecule has 1 heterocycles. The summed E-state index contributed by atoms with van der Waals surface area (Å²) in [7, 11) is 0. The van der Waals surface area contributed by atoms with E-state index in [-0.39, 0.29) is 6.61 Å². The number of hydrogen-bond acceptors (Lipinski definition) is 4. The van der Waals surface area contributed by atoms with Gasteiger partial charge in [-0.1, -0.05) is 30.3 Å². The molecule has 2 rings (SSSR count). The Morgan fingerprint density at radius 2 is 2.06 bits per heavy atom. The number of carbonyl (C=O) groups is 2. The van der Waals surface area contributed by atoms with Crippen molar-refractivity contribution in [2.75, 3.05) is 6.54 Å². The maximum absolute atomic E-state index is 11.7. The summed E-state index contributed by atoms with van der Waals surface area (Å²) in [5.41, 5.74) is 0.870. The topological polar surface area (TPSA) is 69.7 Å². The zero-order valence-electron chi connectivity index (χ0n) is 9.87. The zero-order valence-corrected chi connectivity index (χ0v) is 9.87. The molecular formula is C13H14NO4-. The summed E-state index contributed by atoms with van der Waals surface area (Å²) in [5, 5.41) is 10.8. The number of hydrogen-bond donors (Lipinski definition) is 0. The summed E-state index contributed by atoms with van der Waals surface area (Å²) in [6, 6.07) is 8.40. The van der Waals surface area contributed by atoms with Crippen molar-refractivity contribution >= 4 is 12.1 Å². The van der Waals surface area contributed by atoms with Crippen LogP contribution in [0.25, 0.3) is 0 Å². The third kappa shape index (κ3) is 2.80. The molecule has 1 atom stereocenters. The van der Waals surface area contributed by atoms with Crippen molar-refractivity contribution < 1.29 is 19.4 Å². The molecule has 1 fully saturated rings. The van der Waals surface area contributed by atoms with Crippen LogP contribution in [-0.2, 0) is 16.1 Å². The number of aliphatic carboxylic acids is 1. The SMILES string of the molecule is O=C([O-])[C@@H]1CCCN1C(=O)OCc1ccccc1. The minimum atomic E-state index is -1.22. The molecule has 0 spiro atoms. The molecular weight excluding hydrogens is 234 g/mol. The molecule has 96 valence electrons. The molecule has 1 amide bonds.